The van der Waals surface area contributed by atoms with E-state index in [1.54, 1.807) is 16.7 Å². The van der Waals surface area contributed by atoms with Crippen molar-refractivity contribution in [1.29, 1.82) is 0 Å². The predicted molar refractivity (Wildman–Crippen MR) is 115 cm³/mol. The molecule has 0 bridgehead atoms. The molecule has 0 atom stereocenters. The molecule has 1 amide bonds. The molecule has 8 heteroatoms. The maximum absolute atomic E-state index is 12.3. The maximum Gasteiger partial charge on any atom is 0.258 e. The summed E-state index contributed by atoms with van der Waals surface area (Å²) < 4.78 is 1.55. The largest absolute Gasteiger partial charge is 0.353 e. The van der Waals surface area contributed by atoms with E-state index < -0.39 is 0 Å². The number of carbonyl (C=O) groups excluding carboxylic acids is 1. The number of thioether (sulfide) groups is 1. The second kappa shape index (κ2) is 9.41. The van der Waals surface area contributed by atoms with Gasteiger partial charge in [-0.25, -0.2) is 4.98 Å². The molecule has 2 fully saturated rings. The van der Waals surface area contributed by atoms with Gasteiger partial charge in [0.15, 0.2) is 4.96 Å². The summed E-state index contributed by atoms with van der Waals surface area (Å²) in [5, 5.41) is 5.04. The minimum Gasteiger partial charge on any atom is -0.353 e. The fourth-order valence-corrected chi connectivity index (χ4v) is 5.76. The van der Waals surface area contributed by atoms with Crippen molar-refractivity contribution in [2.45, 2.75) is 50.3 Å². The molecule has 1 saturated heterocycles. The SMILES string of the molecule is O=C(CSCc1cc(=O)n2ccsc2n1)NC1CCN(CC2CCCC2)CC1. The monoisotopic (exact) mass is 420 g/mol. The lowest BCUT2D eigenvalue weighted by molar-refractivity contribution is -0.119. The zero-order valence-corrected chi connectivity index (χ0v) is 17.8. The first-order chi connectivity index (χ1) is 13.7. The van der Waals surface area contributed by atoms with Gasteiger partial charge in [0, 0.05) is 49.1 Å². The van der Waals surface area contributed by atoms with E-state index in [2.05, 4.69) is 15.2 Å². The number of thiazole rings is 1. The number of hydrogen-bond donors (Lipinski definition) is 1. The molecule has 0 spiro atoms. The van der Waals surface area contributed by atoms with E-state index in [-0.39, 0.29) is 11.5 Å². The third kappa shape index (κ3) is 5.15. The van der Waals surface area contributed by atoms with E-state index in [0.29, 0.717) is 22.5 Å². The van der Waals surface area contributed by atoms with E-state index in [0.717, 1.165) is 37.5 Å². The molecule has 0 unspecified atom stereocenters. The number of piperidine rings is 1. The van der Waals surface area contributed by atoms with Gasteiger partial charge in [0.2, 0.25) is 5.91 Å². The van der Waals surface area contributed by atoms with Crippen LogP contribution >= 0.6 is 23.1 Å². The second-order valence-corrected chi connectivity index (χ2v) is 9.79. The molecular formula is C20H28N4O2S2. The number of nitrogens with one attached hydrogen (secondary N) is 1. The average molecular weight is 421 g/mol. The van der Waals surface area contributed by atoms with Crippen LogP contribution in [0.1, 0.15) is 44.2 Å². The molecule has 2 aliphatic rings. The number of nitrogens with zero attached hydrogens (tertiary/aromatic N) is 3. The Morgan fingerprint density at radius 1 is 1.25 bits per heavy atom. The molecule has 1 N–H and O–H groups in total. The standard InChI is InChI=1S/C20H28N4O2S2/c25-18(14-27-13-17-11-19(26)24-9-10-28-20(24)22-17)21-16-5-7-23(8-6-16)12-15-3-1-2-4-15/h9-11,15-16H,1-8,12-14H2,(H,21,25). The molecule has 0 aromatic carbocycles. The van der Waals surface area contributed by atoms with Crippen LogP contribution in [0.5, 0.6) is 0 Å². The predicted octanol–water partition coefficient (Wildman–Crippen LogP) is 2.76. The van der Waals surface area contributed by atoms with Crippen molar-refractivity contribution in [3.8, 4) is 0 Å². The van der Waals surface area contributed by atoms with Gasteiger partial charge < -0.3 is 10.2 Å². The first-order valence-corrected chi connectivity index (χ1v) is 12.3. The summed E-state index contributed by atoms with van der Waals surface area (Å²) in [6, 6.07) is 1.86. The van der Waals surface area contributed by atoms with Crippen molar-refractivity contribution in [3.63, 3.8) is 0 Å². The van der Waals surface area contributed by atoms with Crippen LogP contribution in [0.15, 0.2) is 22.4 Å². The van der Waals surface area contributed by atoms with E-state index in [1.807, 2.05) is 5.38 Å². The lowest BCUT2D eigenvalue weighted by atomic mass is 10.0. The number of rotatable bonds is 7. The van der Waals surface area contributed by atoms with Gasteiger partial charge in [-0.1, -0.05) is 12.8 Å². The molecule has 4 rings (SSSR count). The van der Waals surface area contributed by atoms with E-state index in [1.165, 1.54) is 55.3 Å². The Labute approximate surface area is 173 Å². The summed E-state index contributed by atoms with van der Waals surface area (Å²) in [5.41, 5.74) is 0.682. The van der Waals surface area contributed by atoms with Crippen LogP contribution in [0.2, 0.25) is 0 Å². The third-order valence-corrected chi connectivity index (χ3v) is 7.51. The molecule has 1 aliphatic carbocycles. The number of likely N-dealkylation sites (tertiary alicyclic amines) is 1. The molecule has 2 aromatic heterocycles. The van der Waals surface area contributed by atoms with Gasteiger partial charge in [0.25, 0.3) is 5.56 Å². The van der Waals surface area contributed by atoms with Crippen molar-refractivity contribution in [2.75, 3.05) is 25.4 Å². The lowest BCUT2D eigenvalue weighted by Gasteiger charge is -2.33. The lowest BCUT2D eigenvalue weighted by Crippen LogP contribution is -2.46. The highest BCUT2D eigenvalue weighted by Crippen LogP contribution is 2.26. The van der Waals surface area contributed by atoms with Crippen LogP contribution in [0.25, 0.3) is 4.96 Å². The molecule has 28 heavy (non-hydrogen) atoms. The maximum atomic E-state index is 12.3. The zero-order chi connectivity index (χ0) is 19.3. The Morgan fingerprint density at radius 2 is 2.04 bits per heavy atom. The Balaban J connectivity index is 1.16. The summed E-state index contributed by atoms with van der Waals surface area (Å²) in [5.74, 6) is 1.98. The van der Waals surface area contributed by atoms with E-state index in [9.17, 15) is 9.59 Å². The zero-order valence-electron chi connectivity index (χ0n) is 16.1. The summed E-state index contributed by atoms with van der Waals surface area (Å²) >= 11 is 2.96. The van der Waals surface area contributed by atoms with Gasteiger partial charge in [0.1, 0.15) is 0 Å². The Bertz CT molecular complexity index is 851. The van der Waals surface area contributed by atoms with Crippen LogP contribution < -0.4 is 10.9 Å². The van der Waals surface area contributed by atoms with Crippen LogP contribution in [0.3, 0.4) is 0 Å². The van der Waals surface area contributed by atoms with Gasteiger partial charge in [-0.3, -0.25) is 14.0 Å². The average Bonchev–Trinajstić information content (AvgIpc) is 3.35. The van der Waals surface area contributed by atoms with Crippen molar-refractivity contribution in [2.24, 2.45) is 5.92 Å². The summed E-state index contributed by atoms with van der Waals surface area (Å²) in [6.45, 7) is 3.45. The minimum absolute atomic E-state index is 0.0596. The number of fused-ring (bicyclic) bond motifs is 1. The smallest absolute Gasteiger partial charge is 0.258 e. The van der Waals surface area contributed by atoms with Crippen LogP contribution in [0.4, 0.5) is 0 Å². The highest BCUT2D eigenvalue weighted by molar-refractivity contribution is 7.99. The number of aromatic nitrogens is 2. The highest BCUT2D eigenvalue weighted by Gasteiger charge is 2.24. The third-order valence-electron chi connectivity index (χ3n) is 5.78. The molecule has 6 nitrogen and oxygen atoms in total. The fraction of sp³-hybridized carbons (Fsp3) is 0.650. The number of amides is 1. The van der Waals surface area contributed by atoms with Gasteiger partial charge in [-0.2, -0.15) is 0 Å². The number of carbonyl (C=O) groups is 1. The second-order valence-electron chi connectivity index (χ2n) is 7.93. The molecule has 0 radical (unpaired) electrons. The van der Waals surface area contributed by atoms with Gasteiger partial charge in [-0.05, 0) is 31.6 Å². The molecule has 2 aromatic rings. The summed E-state index contributed by atoms with van der Waals surface area (Å²) in [4.78, 5) is 32.0. The van der Waals surface area contributed by atoms with Gasteiger partial charge >= 0.3 is 0 Å². The Morgan fingerprint density at radius 3 is 2.82 bits per heavy atom. The normalized spacial score (nSPS) is 19.4. The van der Waals surface area contributed by atoms with Crippen LogP contribution in [-0.4, -0.2) is 51.6 Å². The van der Waals surface area contributed by atoms with Crippen LogP contribution in [-0.2, 0) is 10.5 Å². The highest BCUT2D eigenvalue weighted by atomic mass is 32.2. The quantitative estimate of drug-likeness (QED) is 0.746. The first-order valence-electron chi connectivity index (χ1n) is 10.2. The molecule has 1 aliphatic heterocycles. The molecule has 1 saturated carbocycles. The molecule has 152 valence electrons. The van der Waals surface area contributed by atoms with Gasteiger partial charge in [0.05, 0.1) is 11.4 Å². The Hall–Kier alpha value is -1.38. The topological polar surface area (TPSA) is 66.7 Å². The number of hydrogen-bond acceptors (Lipinski definition) is 6. The minimum atomic E-state index is -0.0596. The first kappa shape index (κ1) is 19.9. The Kier molecular flexibility index (Phi) is 6.69. The van der Waals surface area contributed by atoms with Crippen LogP contribution in [0, 0.1) is 5.92 Å². The molecule has 3 heterocycles. The van der Waals surface area contributed by atoms with Crippen molar-refractivity contribution >= 4 is 34.0 Å². The van der Waals surface area contributed by atoms with E-state index >= 15 is 0 Å². The fourth-order valence-electron chi connectivity index (χ4n) is 4.30. The summed E-state index contributed by atoms with van der Waals surface area (Å²) in [7, 11) is 0. The van der Waals surface area contributed by atoms with E-state index in [4.69, 9.17) is 0 Å². The van der Waals surface area contributed by atoms with Crippen molar-refractivity contribution < 1.29 is 4.79 Å². The summed E-state index contributed by atoms with van der Waals surface area (Å²) in [6.07, 6.45) is 9.44. The van der Waals surface area contributed by atoms with Crippen molar-refractivity contribution in [3.05, 3.63) is 33.7 Å². The van der Waals surface area contributed by atoms with Crippen molar-refractivity contribution in [1.82, 2.24) is 19.6 Å². The molecular weight excluding hydrogens is 392 g/mol. The van der Waals surface area contributed by atoms with Gasteiger partial charge in [-0.15, -0.1) is 23.1 Å².